The van der Waals surface area contributed by atoms with Gasteiger partial charge in [-0.2, -0.15) is 0 Å². The summed E-state index contributed by atoms with van der Waals surface area (Å²) in [5, 5.41) is 9.24. The van der Waals surface area contributed by atoms with Crippen LogP contribution in [0.3, 0.4) is 0 Å². The predicted molar refractivity (Wildman–Crippen MR) is 48.3 cm³/mol. The molecule has 0 rings (SSSR count). The minimum Gasteiger partial charge on any atom is -0.394 e. The van der Waals surface area contributed by atoms with Gasteiger partial charge in [-0.15, -0.1) is 0 Å². The van der Waals surface area contributed by atoms with Crippen LogP contribution < -0.4 is 0 Å². The van der Waals surface area contributed by atoms with Crippen LogP contribution in [0.4, 0.5) is 0 Å². The minimum atomic E-state index is -0.985. The zero-order chi connectivity index (χ0) is 9.61. The van der Waals surface area contributed by atoms with E-state index in [1.165, 1.54) is 14.2 Å². The molecule has 0 heterocycles. The highest BCUT2D eigenvalue weighted by molar-refractivity contribution is 6.29. The number of aliphatic hydroxyl groups is 1. The third-order valence-corrected chi connectivity index (χ3v) is 3.40. The summed E-state index contributed by atoms with van der Waals surface area (Å²) in [5.74, 6) is -0.984. The van der Waals surface area contributed by atoms with Crippen LogP contribution in [-0.2, 0) is 13.9 Å². The Kier molecular flexibility index (Phi) is 5.69. The smallest absolute Gasteiger partial charge is 0.269 e. The maximum Gasteiger partial charge on any atom is 0.269 e. The quantitative estimate of drug-likeness (QED) is 0.469. The third-order valence-electron chi connectivity index (χ3n) is 1.75. The van der Waals surface area contributed by atoms with Crippen LogP contribution in [0.1, 0.15) is 20.3 Å². The van der Waals surface area contributed by atoms with Crippen molar-refractivity contribution in [2.45, 2.75) is 32.0 Å². The highest BCUT2D eigenvalue weighted by atomic mass is 28.2. The number of aliphatic hydroxyl groups excluding tert-OH is 1. The standard InChI is InChI=1S/C7H18O4Si/c1-5-6(8)12-11-7(2,9-3)10-4/h6,8H,5,12H2,1-4H3. The molecule has 0 bridgehead atoms. The average molecular weight is 194 g/mol. The van der Waals surface area contributed by atoms with Gasteiger partial charge < -0.3 is 19.0 Å². The molecule has 4 nitrogen and oxygen atoms in total. The Bertz CT molecular complexity index is 116. The summed E-state index contributed by atoms with van der Waals surface area (Å²) in [6.45, 7) is 3.60. The number of rotatable bonds is 6. The Morgan fingerprint density at radius 1 is 1.42 bits per heavy atom. The molecule has 1 N–H and O–H groups in total. The van der Waals surface area contributed by atoms with Gasteiger partial charge in [0.1, 0.15) is 0 Å². The van der Waals surface area contributed by atoms with E-state index in [0.717, 1.165) is 6.42 Å². The van der Waals surface area contributed by atoms with Crippen LogP contribution in [0.15, 0.2) is 0 Å². The van der Waals surface area contributed by atoms with Gasteiger partial charge >= 0.3 is 0 Å². The highest BCUT2D eigenvalue weighted by Crippen LogP contribution is 2.11. The summed E-state index contributed by atoms with van der Waals surface area (Å²) in [4.78, 5) is 0. The molecule has 12 heavy (non-hydrogen) atoms. The van der Waals surface area contributed by atoms with E-state index in [1.54, 1.807) is 6.92 Å². The lowest BCUT2D eigenvalue weighted by atomic mass is 10.5. The molecular formula is C7H18O4Si. The first kappa shape index (κ1) is 12.1. The van der Waals surface area contributed by atoms with Crippen molar-refractivity contribution < 1.29 is 19.0 Å². The average Bonchev–Trinajstić information content (AvgIpc) is 2.13. The molecule has 0 aliphatic rings. The Hall–Kier alpha value is 0.0569. The summed E-state index contributed by atoms with van der Waals surface area (Å²) in [6.07, 6.45) is 0.718. The highest BCUT2D eigenvalue weighted by Gasteiger charge is 2.24. The van der Waals surface area contributed by atoms with Gasteiger partial charge in [0.05, 0.1) is 5.73 Å². The maximum atomic E-state index is 9.24. The molecule has 0 spiro atoms. The molecule has 1 atom stereocenters. The zero-order valence-corrected chi connectivity index (χ0v) is 9.58. The van der Waals surface area contributed by atoms with Gasteiger partial charge in [0, 0.05) is 21.1 Å². The fraction of sp³-hybridized carbons (Fsp3) is 1.00. The third kappa shape index (κ3) is 4.17. The Morgan fingerprint density at radius 3 is 2.25 bits per heavy atom. The van der Waals surface area contributed by atoms with E-state index in [9.17, 15) is 5.11 Å². The first-order valence-corrected chi connectivity index (χ1v) is 5.39. The van der Waals surface area contributed by atoms with E-state index in [0.29, 0.717) is 0 Å². The molecule has 0 amide bonds. The summed E-state index contributed by atoms with van der Waals surface area (Å²) >= 11 is 0. The van der Waals surface area contributed by atoms with Crippen molar-refractivity contribution in [2.24, 2.45) is 0 Å². The molecule has 5 heteroatoms. The number of hydrogen-bond acceptors (Lipinski definition) is 4. The normalized spacial score (nSPS) is 15.8. The van der Waals surface area contributed by atoms with Crippen LogP contribution in [-0.4, -0.2) is 40.8 Å². The van der Waals surface area contributed by atoms with Gasteiger partial charge in [-0.3, -0.25) is 0 Å². The van der Waals surface area contributed by atoms with Crippen LogP contribution in [0.2, 0.25) is 0 Å². The lowest BCUT2D eigenvalue weighted by Gasteiger charge is -2.27. The molecule has 0 saturated heterocycles. The Morgan fingerprint density at radius 2 is 1.92 bits per heavy atom. The molecule has 0 aromatic carbocycles. The minimum absolute atomic E-state index is 0.324. The van der Waals surface area contributed by atoms with Crippen molar-refractivity contribution in [3.8, 4) is 0 Å². The van der Waals surface area contributed by atoms with Gasteiger partial charge in [0.2, 0.25) is 0 Å². The van der Waals surface area contributed by atoms with Crippen molar-refractivity contribution in [1.82, 2.24) is 0 Å². The van der Waals surface area contributed by atoms with Crippen molar-refractivity contribution in [3.63, 3.8) is 0 Å². The molecule has 0 radical (unpaired) electrons. The summed E-state index contributed by atoms with van der Waals surface area (Å²) in [5.41, 5.74) is -0.324. The second-order valence-corrected chi connectivity index (χ2v) is 4.21. The number of ether oxygens (including phenoxy) is 2. The molecule has 74 valence electrons. The number of hydrogen-bond donors (Lipinski definition) is 1. The first-order chi connectivity index (χ1) is 5.58. The van der Waals surface area contributed by atoms with Gasteiger partial charge in [0.15, 0.2) is 9.76 Å². The number of methoxy groups -OCH3 is 2. The monoisotopic (exact) mass is 194 g/mol. The fourth-order valence-corrected chi connectivity index (χ4v) is 1.53. The molecule has 0 fully saturated rings. The lowest BCUT2D eigenvalue weighted by Crippen LogP contribution is -2.37. The molecule has 0 aromatic heterocycles. The van der Waals surface area contributed by atoms with E-state index in [1.807, 2.05) is 6.92 Å². The predicted octanol–water partition coefficient (Wildman–Crippen LogP) is -0.218. The van der Waals surface area contributed by atoms with Crippen molar-refractivity contribution in [3.05, 3.63) is 0 Å². The lowest BCUT2D eigenvalue weighted by molar-refractivity contribution is -0.311. The maximum absolute atomic E-state index is 9.24. The van der Waals surface area contributed by atoms with Gasteiger partial charge in [-0.05, 0) is 6.42 Å². The van der Waals surface area contributed by atoms with Crippen LogP contribution >= 0.6 is 0 Å². The van der Waals surface area contributed by atoms with Crippen molar-refractivity contribution >= 4 is 9.76 Å². The second-order valence-electron chi connectivity index (χ2n) is 2.64. The van der Waals surface area contributed by atoms with Crippen molar-refractivity contribution in [1.29, 1.82) is 0 Å². The van der Waals surface area contributed by atoms with E-state index < -0.39 is 15.7 Å². The summed E-state index contributed by atoms with van der Waals surface area (Å²) in [6, 6.07) is 0. The van der Waals surface area contributed by atoms with E-state index in [2.05, 4.69) is 0 Å². The molecule has 0 aromatic rings. The van der Waals surface area contributed by atoms with Gasteiger partial charge in [-0.1, -0.05) is 6.92 Å². The van der Waals surface area contributed by atoms with Crippen molar-refractivity contribution in [2.75, 3.05) is 14.2 Å². The molecule has 1 unspecified atom stereocenters. The Labute approximate surface area is 75.8 Å². The van der Waals surface area contributed by atoms with Crippen LogP contribution in [0.25, 0.3) is 0 Å². The van der Waals surface area contributed by atoms with Crippen LogP contribution in [0.5, 0.6) is 0 Å². The zero-order valence-electron chi connectivity index (χ0n) is 8.16. The SMILES string of the molecule is CCC(O)[SiH2]OC(C)(OC)OC. The van der Waals surface area contributed by atoms with E-state index >= 15 is 0 Å². The second kappa shape index (κ2) is 5.66. The Balaban J connectivity index is 3.72. The summed E-state index contributed by atoms with van der Waals surface area (Å²) < 4.78 is 15.2. The molecule has 0 aliphatic carbocycles. The fourth-order valence-electron chi connectivity index (χ4n) is 0.567. The topological polar surface area (TPSA) is 47.9 Å². The molecular weight excluding hydrogens is 176 g/mol. The van der Waals surface area contributed by atoms with Gasteiger partial charge in [-0.25, -0.2) is 0 Å². The van der Waals surface area contributed by atoms with Gasteiger partial charge in [0.25, 0.3) is 5.97 Å². The molecule has 0 aliphatic heterocycles. The summed E-state index contributed by atoms with van der Waals surface area (Å²) in [7, 11) is 2.04. The first-order valence-electron chi connectivity index (χ1n) is 4.00. The molecule has 0 saturated carbocycles. The van der Waals surface area contributed by atoms with Crippen LogP contribution in [0, 0.1) is 0 Å². The van der Waals surface area contributed by atoms with E-state index in [4.69, 9.17) is 13.9 Å². The van der Waals surface area contributed by atoms with E-state index in [-0.39, 0.29) is 5.73 Å². The largest absolute Gasteiger partial charge is 0.394 e.